The van der Waals surface area contributed by atoms with E-state index in [4.69, 9.17) is 12.2 Å². The molecule has 0 spiro atoms. The monoisotopic (exact) mass is 393 g/mol. The summed E-state index contributed by atoms with van der Waals surface area (Å²) in [6, 6.07) is 5.82. The van der Waals surface area contributed by atoms with Crippen molar-refractivity contribution in [3.8, 4) is 0 Å². The molecule has 1 N–H and O–H groups in total. The minimum absolute atomic E-state index is 0.604. The Morgan fingerprint density at radius 2 is 2.23 bits per heavy atom. The molecule has 0 saturated heterocycles. The smallest absolute Gasteiger partial charge is 0.319 e. The van der Waals surface area contributed by atoms with Gasteiger partial charge in [-0.2, -0.15) is 0 Å². The molecule has 0 aliphatic carbocycles. The number of thioether (sulfide) groups is 2. The van der Waals surface area contributed by atoms with Crippen LogP contribution in [0.4, 0.5) is 0 Å². The molecule has 0 aliphatic heterocycles. The molecule has 0 fully saturated rings. The van der Waals surface area contributed by atoms with Crippen molar-refractivity contribution in [2.75, 3.05) is 11.5 Å². The predicted molar refractivity (Wildman–Crippen MR) is 106 cm³/mol. The largest absolute Gasteiger partial charge is 0.480 e. The van der Waals surface area contributed by atoms with Crippen LogP contribution in [0, 0.1) is 0 Å². The fourth-order valence-corrected chi connectivity index (χ4v) is 6.45. The van der Waals surface area contributed by atoms with Crippen molar-refractivity contribution in [1.82, 2.24) is 4.98 Å². The van der Waals surface area contributed by atoms with Crippen LogP contribution in [0.15, 0.2) is 29.4 Å². The third-order valence-corrected chi connectivity index (χ3v) is 7.77. The van der Waals surface area contributed by atoms with Crippen LogP contribution in [0.25, 0.3) is 0 Å². The highest BCUT2D eigenvalue weighted by atomic mass is 33.1. The molecule has 0 bridgehead atoms. The molecule has 1 atom stereocenters. The summed E-state index contributed by atoms with van der Waals surface area (Å²) >= 11 is 8.06. The van der Waals surface area contributed by atoms with Crippen LogP contribution in [-0.4, -0.2) is 35.8 Å². The van der Waals surface area contributed by atoms with E-state index in [1.807, 2.05) is 25.1 Å². The van der Waals surface area contributed by atoms with Crippen LogP contribution in [-0.2, 0) is 4.79 Å². The Labute approximate surface area is 153 Å². The summed E-state index contributed by atoms with van der Waals surface area (Å²) in [4.78, 5) is 15.8. The summed E-state index contributed by atoms with van der Waals surface area (Å²) in [6.45, 7) is 3.78. The summed E-state index contributed by atoms with van der Waals surface area (Å²) < 4.78 is -0.127. The number of pyridine rings is 1. The lowest BCUT2D eigenvalue weighted by Crippen LogP contribution is -2.32. The fraction of sp³-hybridized carbons (Fsp3) is 0.500. The number of carbonyl (C=O) groups is 1. The highest BCUT2D eigenvalue weighted by Crippen LogP contribution is 2.37. The van der Waals surface area contributed by atoms with Crippen molar-refractivity contribution < 1.29 is 9.90 Å². The second-order valence-corrected chi connectivity index (χ2v) is 10.9. The number of thiocarbonyl (C=S) groups is 1. The molecule has 3 nitrogen and oxygen atoms in total. The Morgan fingerprint density at radius 1 is 1.45 bits per heavy atom. The SMILES string of the molecule is CCSC(=S)SC(C)(CCCSSc1ccccn1)C(=O)O. The van der Waals surface area contributed by atoms with E-state index < -0.39 is 10.7 Å². The van der Waals surface area contributed by atoms with Crippen molar-refractivity contribution in [2.45, 2.75) is 36.5 Å². The maximum Gasteiger partial charge on any atom is 0.319 e. The number of aromatic nitrogens is 1. The van der Waals surface area contributed by atoms with Gasteiger partial charge in [-0.1, -0.05) is 47.8 Å². The number of hydrogen-bond donors (Lipinski definition) is 1. The molecule has 0 radical (unpaired) electrons. The molecule has 0 amide bonds. The molecule has 22 heavy (non-hydrogen) atoms. The molecular formula is C14H19NO2S5. The number of carboxylic acid groups (broad SMARTS) is 1. The Hall–Kier alpha value is 0.110. The first-order chi connectivity index (χ1) is 10.5. The summed E-state index contributed by atoms with van der Waals surface area (Å²) in [5.41, 5.74) is 0. The number of rotatable bonds is 9. The number of aliphatic carboxylic acids is 1. The van der Waals surface area contributed by atoms with Gasteiger partial charge in [-0.15, -0.1) is 11.8 Å². The quantitative estimate of drug-likeness (QED) is 0.348. The molecule has 1 heterocycles. The molecule has 1 unspecified atom stereocenters. The van der Waals surface area contributed by atoms with E-state index in [1.165, 1.54) is 23.5 Å². The van der Waals surface area contributed by atoms with Crippen molar-refractivity contribution in [1.29, 1.82) is 0 Å². The molecule has 0 aromatic carbocycles. The lowest BCUT2D eigenvalue weighted by atomic mass is 10.1. The van der Waals surface area contributed by atoms with Crippen molar-refractivity contribution in [3.05, 3.63) is 24.4 Å². The Bertz CT molecular complexity index is 485. The minimum atomic E-state index is -0.838. The fourth-order valence-electron chi connectivity index (χ4n) is 1.50. The first-order valence-electron chi connectivity index (χ1n) is 6.77. The van der Waals surface area contributed by atoms with Crippen molar-refractivity contribution >= 4 is 66.8 Å². The first-order valence-corrected chi connectivity index (χ1v) is 11.3. The van der Waals surface area contributed by atoms with Gasteiger partial charge in [0, 0.05) is 11.9 Å². The third kappa shape index (κ3) is 7.59. The van der Waals surface area contributed by atoms with Crippen LogP contribution in [0.3, 0.4) is 0 Å². The number of carboxylic acids is 1. The number of nitrogens with zero attached hydrogens (tertiary/aromatic N) is 1. The van der Waals surface area contributed by atoms with E-state index in [-0.39, 0.29) is 0 Å². The molecule has 122 valence electrons. The van der Waals surface area contributed by atoms with Gasteiger partial charge in [0.2, 0.25) is 0 Å². The molecule has 8 heteroatoms. The van der Waals surface area contributed by atoms with Gasteiger partial charge in [0.1, 0.15) is 13.3 Å². The van der Waals surface area contributed by atoms with Gasteiger partial charge in [0.25, 0.3) is 0 Å². The second kappa shape index (κ2) is 10.8. The Kier molecular flexibility index (Phi) is 9.90. The predicted octanol–water partition coefficient (Wildman–Crippen LogP) is 5.22. The van der Waals surface area contributed by atoms with Crippen molar-refractivity contribution in [2.24, 2.45) is 0 Å². The summed E-state index contributed by atoms with van der Waals surface area (Å²) in [5.74, 6) is 0.968. The third-order valence-electron chi connectivity index (χ3n) is 2.69. The van der Waals surface area contributed by atoms with Gasteiger partial charge in [0.05, 0.1) is 0 Å². The van der Waals surface area contributed by atoms with Crippen LogP contribution < -0.4 is 0 Å². The van der Waals surface area contributed by atoms with E-state index in [0.717, 1.165) is 23.0 Å². The van der Waals surface area contributed by atoms with E-state index in [9.17, 15) is 9.90 Å². The normalized spacial score (nSPS) is 13.5. The zero-order chi connectivity index (χ0) is 16.4. The Morgan fingerprint density at radius 3 is 2.82 bits per heavy atom. The molecule has 1 aromatic rings. The lowest BCUT2D eigenvalue weighted by Gasteiger charge is -2.23. The standard InChI is InChI=1S/C14H19NO2S5/c1-3-19-13(18)21-14(2,12(16)17)8-6-10-20-22-11-7-4-5-9-15-11/h4-5,7,9H,3,6,8,10H2,1-2H3,(H,16,17). The summed E-state index contributed by atoms with van der Waals surface area (Å²) in [6.07, 6.45) is 3.21. The molecular weight excluding hydrogens is 374 g/mol. The van der Waals surface area contributed by atoms with Crippen LogP contribution in [0.1, 0.15) is 26.7 Å². The molecule has 1 aromatic heterocycles. The van der Waals surface area contributed by atoms with E-state index in [0.29, 0.717) is 9.95 Å². The second-order valence-electron chi connectivity index (χ2n) is 4.50. The zero-order valence-electron chi connectivity index (χ0n) is 12.5. The highest BCUT2D eigenvalue weighted by molar-refractivity contribution is 8.76. The summed E-state index contributed by atoms with van der Waals surface area (Å²) in [5, 5.41) is 10.4. The Balaban J connectivity index is 2.35. The molecule has 0 aliphatic rings. The lowest BCUT2D eigenvalue weighted by molar-refractivity contribution is -0.139. The van der Waals surface area contributed by atoms with Crippen molar-refractivity contribution in [3.63, 3.8) is 0 Å². The van der Waals surface area contributed by atoms with Gasteiger partial charge in [-0.3, -0.25) is 4.79 Å². The first kappa shape index (κ1) is 20.2. The van der Waals surface area contributed by atoms with Gasteiger partial charge < -0.3 is 5.11 Å². The molecule has 1 rings (SSSR count). The van der Waals surface area contributed by atoms with Gasteiger partial charge >= 0.3 is 5.97 Å². The number of hydrogen-bond acceptors (Lipinski definition) is 7. The van der Waals surface area contributed by atoms with Gasteiger partial charge in [-0.05, 0) is 48.4 Å². The average Bonchev–Trinajstić information content (AvgIpc) is 2.48. The van der Waals surface area contributed by atoms with Gasteiger partial charge in [-0.25, -0.2) is 4.98 Å². The van der Waals surface area contributed by atoms with E-state index in [1.54, 1.807) is 34.7 Å². The van der Waals surface area contributed by atoms with Gasteiger partial charge in [0.15, 0.2) is 0 Å². The maximum absolute atomic E-state index is 11.5. The maximum atomic E-state index is 11.5. The van der Waals surface area contributed by atoms with Crippen LogP contribution in [0.5, 0.6) is 0 Å². The topological polar surface area (TPSA) is 50.2 Å². The van der Waals surface area contributed by atoms with Crippen LogP contribution >= 0.6 is 57.3 Å². The van der Waals surface area contributed by atoms with E-state index >= 15 is 0 Å². The summed E-state index contributed by atoms with van der Waals surface area (Å²) in [7, 11) is 3.32. The highest BCUT2D eigenvalue weighted by Gasteiger charge is 2.34. The van der Waals surface area contributed by atoms with Crippen LogP contribution in [0.2, 0.25) is 0 Å². The average molecular weight is 394 g/mol. The minimum Gasteiger partial charge on any atom is -0.480 e. The van der Waals surface area contributed by atoms with E-state index in [2.05, 4.69) is 4.98 Å². The molecule has 0 saturated carbocycles. The zero-order valence-corrected chi connectivity index (χ0v) is 16.6.